The maximum atomic E-state index is 12.2. The highest BCUT2D eigenvalue weighted by atomic mass is 35.5. The van der Waals surface area contributed by atoms with E-state index in [-0.39, 0.29) is 30.7 Å². The number of rotatable bonds is 6. The molecule has 0 bridgehead atoms. The maximum Gasteiger partial charge on any atom is 0.433 e. The number of hydrogen-bond acceptors (Lipinski definition) is 4. The van der Waals surface area contributed by atoms with Crippen molar-refractivity contribution >= 4 is 43.5 Å². The minimum absolute atomic E-state index is 0. The van der Waals surface area contributed by atoms with Crippen LogP contribution in [0.1, 0.15) is 69.3 Å². The van der Waals surface area contributed by atoms with E-state index in [1.807, 2.05) is 0 Å². The number of aromatic nitrogens is 2. The molecule has 0 aromatic carbocycles. The third-order valence-corrected chi connectivity index (χ3v) is 7.00. The summed E-state index contributed by atoms with van der Waals surface area (Å²) in [6.07, 6.45) is -2.98. The maximum absolute atomic E-state index is 12.2. The standard InChI is InChI=1S/C10H11ClF3NS.C10H10F3NS.3CH4.B/c11-4-1-5-16-7-8-2-3-9(15-6-8)10(12,13)14;11-10(12,13)9-4-3-7(6-14-9)8-2-1-5-15-8;;;;/h2-3,6H,1,4-5,7H2;3-4,6,8H,1-2,5H2;3*1H4;. The van der Waals surface area contributed by atoms with Crippen molar-refractivity contribution in [1.29, 1.82) is 0 Å². The van der Waals surface area contributed by atoms with Crippen LogP contribution in [-0.4, -0.2) is 35.8 Å². The molecule has 1 aliphatic heterocycles. The third-order valence-electron chi connectivity index (χ3n) is 4.18. The van der Waals surface area contributed by atoms with Gasteiger partial charge in [0.1, 0.15) is 11.4 Å². The van der Waals surface area contributed by atoms with Crippen LogP contribution >= 0.6 is 35.1 Å². The summed E-state index contributed by atoms with van der Waals surface area (Å²) in [5.41, 5.74) is 0.0503. The highest BCUT2D eigenvalue weighted by molar-refractivity contribution is 7.99. The molecule has 3 heterocycles. The first-order valence-electron chi connectivity index (χ1n) is 9.42. The van der Waals surface area contributed by atoms with Crippen LogP contribution < -0.4 is 0 Å². The van der Waals surface area contributed by atoms with E-state index in [0.29, 0.717) is 16.9 Å². The molecule has 1 unspecified atom stereocenters. The molecule has 2 aromatic heterocycles. The Labute approximate surface area is 221 Å². The second-order valence-corrected chi connectivity index (χ2v) is 9.41. The van der Waals surface area contributed by atoms with Crippen molar-refractivity contribution in [2.75, 3.05) is 17.4 Å². The van der Waals surface area contributed by atoms with E-state index in [4.69, 9.17) is 11.6 Å². The van der Waals surface area contributed by atoms with Crippen molar-refractivity contribution in [3.63, 3.8) is 0 Å². The molecule has 2 aromatic rings. The Hall–Kier alpha value is -1.07. The van der Waals surface area contributed by atoms with Crippen molar-refractivity contribution in [2.45, 2.75) is 64.9 Å². The smallest absolute Gasteiger partial charge is 0.251 e. The topological polar surface area (TPSA) is 25.8 Å². The van der Waals surface area contributed by atoms with E-state index >= 15 is 0 Å². The highest BCUT2D eigenvalue weighted by Crippen LogP contribution is 2.40. The Bertz CT molecular complexity index is 785. The van der Waals surface area contributed by atoms with Gasteiger partial charge in [0.25, 0.3) is 0 Å². The number of nitrogens with zero attached hydrogens (tertiary/aromatic N) is 2. The lowest BCUT2D eigenvalue weighted by Crippen LogP contribution is -2.07. The molecule has 1 aliphatic rings. The number of alkyl halides is 7. The largest absolute Gasteiger partial charge is 0.433 e. The molecule has 12 heteroatoms. The minimum Gasteiger partial charge on any atom is -0.251 e. The summed E-state index contributed by atoms with van der Waals surface area (Å²) in [5, 5.41) is 0.333. The zero-order valence-electron chi connectivity index (χ0n) is 16.9. The predicted octanol–water partition coefficient (Wildman–Crippen LogP) is 9.16. The first-order chi connectivity index (χ1) is 14.6. The molecule has 3 radical (unpaired) electrons. The Kier molecular flexibility index (Phi) is 20.0. The van der Waals surface area contributed by atoms with Crippen LogP contribution in [-0.2, 0) is 18.1 Å². The highest BCUT2D eigenvalue weighted by Gasteiger charge is 2.33. The van der Waals surface area contributed by atoms with Gasteiger partial charge >= 0.3 is 12.4 Å². The Balaban J connectivity index is -0.000000525. The first kappa shape index (κ1) is 38.5. The van der Waals surface area contributed by atoms with Gasteiger partial charge in [-0.05, 0) is 54.0 Å². The van der Waals surface area contributed by atoms with Gasteiger partial charge in [0.2, 0.25) is 0 Å². The van der Waals surface area contributed by atoms with Crippen LogP contribution in [0.2, 0.25) is 0 Å². The van der Waals surface area contributed by atoms with Gasteiger partial charge in [-0.2, -0.15) is 49.9 Å². The molecule has 35 heavy (non-hydrogen) atoms. The quantitative estimate of drug-likeness (QED) is 0.152. The van der Waals surface area contributed by atoms with Crippen LogP contribution in [0.25, 0.3) is 0 Å². The number of hydrogen-bond donors (Lipinski definition) is 0. The van der Waals surface area contributed by atoms with Gasteiger partial charge in [-0.1, -0.05) is 34.4 Å². The zero-order valence-corrected chi connectivity index (χ0v) is 19.3. The molecule has 0 spiro atoms. The van der Waals surface area contributed by atoms with Gasteiger partial charge in [0.05, 0.1) is 0 Å². The second kappa shape index (κ2) is 18.2. The molecule has 1 atom stereocenters. The van der Waals surface area contributed by atoms with Gasteiger partial charge in [-0.25, -0.2) is 0 Å². The van der Waals surface area contributed by atoms with E-state index < -0.39 is 23.7 Å². The number of halogens is 7. The predicted molar refractivity (Wildman–Crippen MR) is 140 cm³/mol. The van der Waals surface area contributed by atoms with Crippen LogP contribution in [0.3, 0.4) is 0 Å². The van der Waals surface area contributed by atoms with E-state index in [9.17, 15) is 26.3 Å². The first-order valence-corrected chi connectivity index (χ1v) is 12.2. The molecule has 199 valence electrons. The van der Waals surface area contributed by atoms with Crippen LogP contribution in [0.5, 0.6) is 0 Å². The third kappa shape index (κ3) is 13.7. The normalized spacial score (nSPS) is 14.8. The molecular weight excluding hydrogens is 529 g/mol. The van der Waals surface area contributed by atoms with Gasteiger partial charge in [-0.15, -0.1) is 11.6 Å². The van der Waals surface area contributed by atoms with Gasteiger partial charge in [0, 0.05) is 37.7 Å². The molecule has 1 fully saturated rings. The summed E-state index contributed by atoms with van der Waals surface area (Å²) < 4.78 is 73.3. The molecule has 3 rings (SSSR count). The fourth-order valence-electron chi connectivity index (χ4n) is 2.63. The molecular formula is C23H33BClF6N2S2. The van der Waals surface area contributed by atoms with Gasteiger partial charge in [0.15, 0.2) is 0 Å². The van der Waals surface area contributed by atoms with Crippen molar-refractivity contribution in [3.05, 3.63) is 59.2 Å². The van der Waals surface area contributed by atoms with E-state index in [1.165, 1.54) is 18.5 Å². The molecule has 0 N–H and O–H groups in total. The van der Waals surface area contributed by atoms with E-state index in [1.54, 1.807) is 29.6 Å². The summed E-state index contributed by atoms with van der Waals surface area (Å²) in [7, 11) is 0. The van der Waals surface area contributed by atoms with Crippen molar-refractivity contribution in [2.24, 2.45) is 0 Å². The summed E-state index contributed by atoms with van der Waals surface area (Å²) in [5.74, 6) is 3.27. The summed E-state index contributed by atoms with van der Waals surface area (Å²) in [6.45, 7) is 0. The average Bonchev–Trinajstić information content (AvgIpc) is 3.26. The van der Waals surface area contributed by atoms with Crippen molar-refractivity contribution in [3.8, 4) is 0 Å². The lowest BCUT2D eigenvalue weighted by molar-refractivity contribution is -0.142. The van der Waals surface area contributed by atoms with Crippen LogP contribution in [0.4, 0.5) is 26.3 Å². The molecule has 2 nitrogen and oxygen atoms in total. The lowest BCUT2D eigenvalue weighted by Gasteiger charge is -2.10. The lowest BCUT2D eigenvalue weighted by atomic mass is 10.1. The summed E-state index contributed by atoms with van der Waals surface area (Å²) in [4.78, 5) is 6.84. The Morgan fingerprint density at radius 3 is 1.89 bits per heavy atom. The molecule has 0 amide bonds. The monoisotopic (exact) mass is 561 g/mol. The average molecular weight is 562 g/mol. The minimum atomic E-state index is -4.36. The summed E-state index contributed by atoms with van der Waals surface area (Å²) >= 11 is 8.93. The summed E-state index contributed by atoms with van der Waals surface area (Å²) in [6, 6.07) is 5.08. The Morgan fingerprint density at radius 1 is 0.914 bits per heavy atom. The van der Waals surface area contributed by atoms with Crippen LogP contribution in [0, 0.1) is 0 Å². The molecule has 0 aliphatic carbocycles. The van der Waals surface area contributed by atoms with Crippen LogP contribution in [0.15, 0.2) is 36.7 Å². The van der Waals surface area contributed by atoms with Crippen molar-refractivity contribution in [1.82, 2.24) is 9.97 Å². The zero-order chi connectivity index (χ0) is 22.9. The van der Waals surface area contributed by atoms with Gasteiger partial charge in [-0.3, -0.25) is 9.97 Å². The SMILES string of the molecule is C.C.C.FC(F)(F)c1ccc(C2CCCS2)cn1.FC(F)(F)c1ccc(CSCCCCl)cn1.[B]. The fourth-order valence-corrected chi connectivity index (χ4v) is 5.10. The molecule has 1 saturated heterocycles. The van der Waals surface area contributed by atoms with Gasteiger partial charge < -0.3 is 0 Å². The number of thioether (sulfide) groups is 2. The second-order valence-electron chi connectivity index (χ2n) is 6.62. The van der Waals surface area contributed by atoms with Crippen molar-refractivity contribution < 1.29 is 26.3 Å². The van der Waals surface area contributed by atoms with E-state index in [0.717, 1.165) is 54.0 Å². The molecule has 0 saturated carbocycles. The Morgan fingerprint density at radius 2 is 1.49 bits per heavy atom. The fraction of sp³-hybridized carbons (Fsp3) is 0.565. The van der Waals surface area contributed by atoms with E-state index in [2.05, 4.69) is 9.97 Å². The number of pyridine rings is 2.